The van der Waals surface area contributed by atoms with Crippen LogP contribution in [0.1, 0.15) is 41.0 Å². The normalized spacial score (nSPS) is 10.3. The van der Waals surface area contributed by atoms with Gasteiger partial charge in [0.2, 0.25) is 0 Å². The van der Waals surface area contributed by atoms with Gasteiger partial charge in [0.15, 0.2) is 0 Å². The van der Waals surface area contributed by atoms with Crippen LogP contribution >= 0.6 is 0 Å². The molecule has 0 bridgehead atoms. The highest BCUT2D eigenvalue weighted by Crippen LogP contribution is 2.24. The summed E-state index contributed by atoms with van der Waals surface area (Å²) in [4.78, 5) is 16.7. The van der Waals surface area contributed by atoms with Crippen molar-refractivity contribution in [3.05, 3.63) is 52.7 Å². The van der Waals surface area contributed by atoms with E-state index in [1.807, 2.05) is 38.1 Å². The average molecular weight is 311 g/mol. The maximum atomic E-state index is 12.2. The summed E-state index contributed by atoms with van der Waals surface area (Å²) in [7, 11) is 0. The highest BCUT2D eigenvalue weighted by molar-refractivity contribution is 6.10. The van der Waals surface area contributed by atoms with Crippen molar-refractivity contribution in [2.24, 2.45) is 0 Å². The topological polar surface area (TPSA) is 75.1 Å². The van der Waals surface area contributed by atoms with Crippen LogP contribution in [-0.4, -0.2) is 23.3 Å². The second kappa shape index (κ2) is 7.05. The molecule has 0 unspecified atom stereocenters. The third-order valence-corrected chi connectivity index (χ3v) is 3.33. The maximum absolute atomic E-state index is 12.2. The Labute approximate surface area is 136 Å². The van der Waals surface area contributed by atoms with Gasteiger partial charge in [0.1, 0.15) is 5.82 Å². The molecule has 0 saturated heterocycles. The number of nitrogens with zero attached hydrogens (tertiary/aromatic N) is 1. The molecular formula is C18H21N3O2. The first-order valence-corrected chi connectivity index (χ1v) is 7.50. The van der Waals surface area contributed by atoms with Crippen LogP contribution in [0.4, 0.5) is 11.5 Å². The van der Waals surface area contributed by atoms with Gasteiger partial charge in [-0.05, 0) is 45.9 Å². The number of aromatic nitrogens is 1. The minimum Gasteiger partial charge on any atom is -0.462 e. The lowest BCUT2D eigenvalue weighted by Crippen LogP contribution is -2.14. The first kappa shape index (κ1) is 16.7. The van der Waals surface area contributed by atoms with Gasteiger partial charge < -0.3 is 15.5 Å². The van der Waals surface area contributed by atoms with E-state index < -0.39 is 5.97 Å². The van der Waals surface area contributed by atoms with E-state index in [9.17, 15) is 4.79 Å². The molecular weight excluding hydrogens is 290 g/mol. The van der Waals surface area contributed by atoms with Crippen LogP contribution in [0.5, 0.6) is 0 Å². The SMILES string of the molecule is CCOC(=O)c1cc(C)nc(Nc2ccc(C)cc2)c1C(C)=N. The summed E-state index contributed by atoms with van der Waals surface area (Å²) in [6.07, 6.45) is 0. The highest BCUT2D eigenvalue weighted by Gasteiger charge is 2.20. The van der Waals surface area contributed by atoms with Crippen molar-refractivity contribution in [3.8, 4) is 0 Å². The van der Waals surface area contributed by atoms with Crippen molar-refractivity contribution in [1.29, 1.82) is 5.41 Å². The van der Waals surface area contributed by atoms with Crippen LogP contribution < -0.4 is 5.32 Å². The van der Waals surface area contributed by atoms with E-state index in [1.54, 1.807) is 19.9 Å². The van der Waals surface area contributed by atoms with Crippen molar-refractivity contribution in [2.75, 3.05) is 11.9 Å². The Hall–Kier alpha value is -2.69. The largest absolute Gasteiger partial charge is 0.462 e. The molecule has 2 N–H and O–H groups in total. The van der Waals surface area contributed by atoms with Gasteiger partial charge in [0, 0.05) is 17.1 Å². The molecule has 120 valence electrons. The van der Waals surface area contributed by atoms with Crippen molar-refractivity contribution < 1.29 is 9.53 Å². The zero-order valence-corrected chi connectivity index (χ0v) is 13.9. The summed E-state index contributed by atoms with van der Waals surface area (Å²) < 4.78 is 5.10. The number of rotatable bonds is 5. The van der Waals surface area contributed by atoms with Gasteiger partial charge in [-0.15, -0.1) is 0 Å². The molecule has 1 aromatic heterocycles. The fourth-order valence-corrected chi connectivity index (χ4v) is 2.29. The number of benzene rings is 1. The number of hydrogen-bond acceptors (Lipinski definition) is 5. The summed E-state index contributed by atoms with van der Waals surface area (Å²) in [5.41, 5.74) is 3.79. The van der Waals surface area contributed by atoms with E-state index in [0.717, 1.165) is 11.3 Å². The Kier molecular flexibility index (Phi) is 5.11. The minimum atomic E-state index is -0.438. The van der Waals surface area contributed by atoms with Crippen LogP contribution in [0, 0.1) is 19.3 Å². The Morgan fingerprint density at radius 1 is 1.26 bits per heavy atom. The van der Waals surface area contributed by atoms with Crippen LogP contribution in [0.3, 0.4) is 0 Å². The molecule has 0 radical (unpaired) electrons. The smallest absolute Gasteiger partial charge is 0.338 e. The monoisotopic (exact) mass is 311 g/mol. The Morgan fingerprint density at radius 3 is 2.48 bits per heavy atom. The molecule has 0 aliphatic heterocycles. The average Bonchev–Trinajstić information content (AvgIpc) is 2.49. The zero-order chi connectivity index (χ0) is 17.0. The molecule has 0 aliphatic carbocycles. The van der Waals surface area contributed by atoms with Gasteiger partial charge >= 0.3 is 5.97 Å². The molecule has 5 nitrogen and oxygen atoms in total. The van der Waals surface area contributed by atoms with Crippen LogP contribution in [0.25, 0.3) is 0 Å². The van der Waals surface area contributed by atoms with E-state index in [0.29, 0.717) is 22.6 Å². The summed E-state index contributed by atoms with van der Waals surface area (Å²) in [5, 5.41) is 11.2. The standard InChI is InChI=1S/C18H21N3O2/c1-5-23-18(22)15-10-12(3)20-17(16(15)13(4)19)21-14-8-6-11(2)7-9-14/h6-10,19H,5H2,1-4H3,(H,20,21). The Bertz CT molecular complexity index is 737. The highest BCUT2D eigenvalue weighted by atomic mass is 16.5. The first-order valence-electron chi connectivity index (χ1n) is 7.50. The van der Waals surface area contributed by atoms with Gasteiger partial charge in [-0.3, -0.25) is 0 Å². The fourth-order valence-electron chi connectivity index (χ4n) is 2.29. The maximum Gasteiger partial charge on any atom is 0.338 e. The van der Waals surface area contributed by atoms with Gasteiger partial charge in [-0.1, -0.05) is 17.7 Å². The van der Waals surface area contributed by atoms with Crippen molar-refractivity contribution in [1.82, 2.24) is 4.98 Å². The zero-order valence-electron chi connectivity index (χ0n) is 13.9. The number of ether oxygens (including phenoxy) is 1. The molecule has 0 fully saturated rings. The lowest BCUT2D eigenvalue weighted by atomic mass is 10.0. The minimum absolute atomic E-state index is 0.259. The molecule has 1 heterocycles. The molecule has 5 heteroatoms. The lowest BCUT2D eigenvalue weighted by Gasteiger charge is -2.15. The van der Waals surface area contributed by atoms with E-state index in [4.69, 9.17) is 10.1 Å². The molecule has 0 saturated carbocycles. The quantitative estimate of drug-likeness (QED) is 0.646. The molecule has 1 aromatic carbocycles. The van der Waals surface area contributed by atoms with Gasteiger partial charge in [-0.25, -0.2) is 9.78 Å². The molecule has 2 rings (SSSR count). The van der Waals surface area contributed by atoms with Crippen LogP contribution in [0.15, 0.2) is 30.3 Å². The van der Waals surface area contributed by atoms with Crippen molar-refractivity contribution in [3.63, 3.8) is 0 Å². The number of carbonyl (C=O) groups excluding carboxylic acids is 1. The first-order chi connectivity index (χ1) is 10.9. The van der Waals surface area contributed by atoms with Gasteiger partial charge in [0.25, 0.3) is 0 Å². The summed E-state index contributed by atoms with van der Waals surface area (Å²) in [5.74, 6) is 0.0518. The summed E-state index contributed by atoms with van der Waals surface area (Å²) in [6, 6.07) is 9.51. The Morgan fingerprint density at radius 2 is 1.91 bits per heavy atom. The number of hydrogen-bond donors (Lipinski definition) is 2. The molecule has 0 atom stereocenters. The second-order valence-corrected chi connectivity index (χ2v) is 5.37. The third-order valence-electron chi connectivity index (χ3n) is 3.33. The van der Waals surface area contributed by atoms with Crippen LogP contribution in [0.2, 0.25) is 0 Å². The molecule has 23 heavy (non-hydrogen) atoms. The molecule has 2 aromatic rings. The predicted octanol–water partition coefficient (Wildman–Crippen LogP) is 4.01. The van der Waals surface area contributed by atoms with Gasteiger partial charge in [0.05, 0.1) is 17.7 Å². The number of carbonyl (C=O) groups is 1. The van der Waals surface area contributed by atoms with E-state index in [2.05, 4.69) is 10.3 Å². The van der Waals surface area contributed by atoms with Crippen molar-refractivity contribution in [2.45, 2.75) is 27.7 Å². The number of esters is 1. The van der Waals surface area contributed by atoms with E-state index in [1.165, 1.54) is 0 Å². The molecule has 0 amide bonds. The summed E-state index contributed by atoms with van der Waals surface area (Å²) in [6.45, 7) is 7.51. The predicted molar refractivity (Wildman–Crippen MR) is 91.9 cm³/mol. The molecule has 0 aliphatic rings. The second-order valence-electron chi connectivity index (χ2n) is 5.37. The Balaban J connectivity index is 2.51. The lowest BCUT2D eigenvalue weighted by molar-refractivity contribution is 0.0526. The third kappa shape index (κ3) is 3.94. The van der Waals surface area contributed by atoms with E-state index >= 15 is 0 Å². The fraction of sp³-hybridized carbons (Fsp3) is 0.278. The molecule has 0 spiro atoms. The number of nitrogens with one attached hydrogen (secondary N) is 2. The van der Waals surface area contributed by atoms with Gasteiger partial charge in [-0.2, -0.15) is 0 Å². The number of pyridine rings is 1. The van der Waals surface area contributed by atoms with Crippen molar-refractivity contribution >= 4 is 23.2 Å². The number of aryl methyl sites for hydroxylation is 2. The van der Waals surface area contributed by atoms with Crippen LogP contribution in [-0.2, 0) is 4.74 Å². The number of anilines is 2. The summed E-state index contributed by atoms with van der Waals surface area (Å²) >= 11 is 0. The van der Waals surface area contributed by atoms with E-state index in [-0.39, 0.29) is 12.3 Å².